The van der Waals surface area contributed by atoms with Gasteiger partial charge in [0.15, 0.2) is 5.13 Å². The van der Waals surface area contributed by atoms with Crippen LogP contribution in [0.4, 0.5) is 5.13 Å². The second-order valence-corrected chi connectivity index (χ2v) is 7.69. The lowest BCUT2D eigenvalue weighted by atomic mass is 10.1. The van der Waals surface area contributed by atoms with E-state index in [2.05, 4.69) is 36.1 Å². The molecule has 4 rings (SSSR count). The number of thiazole rings is 1. The molecule has 3 aromatic heterocycles. The van der Waals surface area contributed by atoms with Crippen LogP contribution < -0.4 is 4.90 Å². The number of carbonyl (C=O) groups excluding carboxylic acids is 1. The maximum Gasteiger partial charge on any atom is 0.278 e. The lowest BCUT2D eigenvalue weighted by Crippen LogP contribution is -2.32. The molecule has 142 valence electrons. The van der Waals surface area contributed by atoms with Gasteiger partial charge in [0.25, 0.3) is 5.91 Å². The van der Waals surface area contributed by atoms with Gasteiger partial charge >= 0.3 is 0 Å². The number of hydrogen-bond donors (Lipinski definition) is 0. The summed E-state index contributed by atoms with van der Waals surface area (Å²) in [4.78, 5) is 24.1. The van der Waals surface area contributed by atoms with Crippen LogP contribution in [0.2, 0.25) is 0 Å². The summed E-state index contributed by atoms with van der Waals surface area (Å²) in [7, 11) is 0. The van der Waals surface area contributed by atoms with Gasteiger partial charge in [0.1, 0.15) is 5.69 Å². The highest BCUT2D eigenvalue weighted by Gasteiger charge is 2.24. The molecule has 0 unspecified atom stereocenters. The Hall–Kier alpha value is -3.06. The van der Waals surface area contributed by atoms with Gasteiger partial charge in [0, 0.05) is 25.1 Å². The smallest absolute Gasteiger partial charge is 0.278 e. The quantitative estimate of drug-likeness (QED) is 0.507. The first-order valence-corrected chi connectivity index (χ1v) is 9.99. The van der Waals surface area contributed by atoms with Gasteiger partial charge in [-0.15, -0.1) is 0 Å². The van der Waals surface area contributed by atoms with E-state index in [9.17, 15) is 4.79 Å². The maximum atomic E-state index is 13.4. The van der Waals surface area contributed by atoms with Gasteiger partial charge in [-0.05, 0) is 61.7 Å². The highest BCUT2D eigenvalue weighted by molar-refractivity contribution is 7.22. The fourth-order valence-corrected chi connectivity index (χ4v) is 4.13. The van der Waals surface area contributed by atoms with Crippen LogP contribution in [0.15, 0.2) is 48.9 Å². The van der Waals surface area contributed by atoms with Gasteiger partial charge in [0.2, 0.25) is 0 Å². The predicted molar refractivity (Wildman–Crippen MR) is 112 cm³/mol. The molecule has 0 bridgehead atoms. The first-order chi connectivity index (χ1) is 13.6. The summed E-state index contributed by atoms with van der Waals surface area (Å²) in [6, 6.07) is 9.80. The minimum Gasteiger partial charge on any atom is -0.278 e. The number of aryl methyl sites for hydroxylation is 3. The second kappa shape index (κ2) is 7.52. The first kappa shape index (κ1) is 18.3. The van der Waals surface area contributed by atoms with Gasteiger partial charge in [0.05, 0.1) is 16.8 Å². The molecule has 3 heterocycles. The number of fused-ring (bicyclic) bond motifs is 1. The third kappa shape index (κ3) is 3.41. The largest absolute Gasteiger partial charge is 0.278 e. The fourth-order valence-electron chi connectivity index (χ4n) is 3.09. The molecule has 0 N–H and O–H groups in total. The molecule has 1 amide bonds. The van der Waals surface area contributed by atoms with Gasteiger partial charge in [-0.25, -0.2) is 4.98 Å². The molecule has 0 aliphatic rings. The van der Waals surface area contributed by atoms with E-state index >= 15 is 0 Å². The maximum absolute atomic E-state index is 13.4. The Kier molecular flexibility index (Phi) is 4.92. The van der Waals surface area contributed by atoms with Crippen LogP contribution in [0.1, 0.15) is 34.1 Å². The Balaban J connectivity index is 1.79. The summed E-state index contributed by atoms with van der Waals surface area (Å²) in [5.74, 6) is -0.115. The molecule has 0 saturated heterocycles. The summed E-state index contributed by atoms with van der Waals surface area (Å²) < 4.78 is 2.78. The van der Waals surface area contributed by atoms with Crippen molar-refractivity contribution in [2.75, 3.05) is 4.90 Å². The van der Waals surface area contributed by atoms with Crippen molar-refractivity contribution in [2.45, 2.75) is 33.9 Å². The topological polar surface area (TPSA) is 63.9 Å². The van der Waals surface area contributed by atoms with Gasteiger partial charge in [-0.3, -0.25) is 19.4 Å². The molecule has 4 aromatic rings. The predicted octanol–water partition coefficient (Wildman–Crippen LogP) is 4.37. The summed E-state index contributed by atoms with van der Waals surface area (Å²) in [5.41, 5.74) is 4.83. The van der Waals surface area contributed by atoms with Crippen molar-refractivity contribution in [3.8, 4) is 0 Å². The number of aromatic nitrogens is 4. The van der Waals surface area contributed by atoms with E-state index in [1.807, 2.05) is 19.1 Å². The van der Waals surface area contributed by atoms with Crippen LogP contribution in [0, 0.1) is 13.8 Å². The normalized spacial score (nSPS) is 11.1. The van der Waals surface area contributed by atoms with Crippen molar-refractivity contribution < 1.29 is 4.79 Å². The molecule has 7 heteroatoms. The standard InChI is InChI=1S/C21H21N5OS/c1-4-26-18(7-9-23-26)20(27)25(13-16-6-5-8-22-12-16)21-24-17-10-14(2)15(3)11-19(17)28-21/h5-12H,4,13H2,1-3H3. The van der Waals surface area contributed by atoms with Gasteiger partial charge < -0.3 is 0 Å². The molecule has 0 aliphatic carbocycles. The molecule has 0 radical (unpaired) electrons. The van der Waals surface area contributed by atoms with Gasteiger partial charge in [-0.1, -0.05) is 17.4 Å². The zero-order chi connectivity index (χ0) is 19.7. The van der Waals surface area contributed by atoms with E-state index < -0.39 is 0 Å². The van der Waals surface area contributed by atoms with Crippen molar-refractivity contribution in [3.63, 3.8) is 0 Å². The van der Waals surface area contributed by atoms with E-state index in [0.29, 0.717) is 23.9 Å². The van der Waals surface area contributed by atoms with E-state index in [-0.39, 0.29) is 5.91 Å². The average Bonchev–Trinajstić information content (AvgIpc) is 3.33. The van der Waals surface area contributed by atoms with E-state index in [1.165, 1.54) is 22.5 Å². The van der Waals surface area contributed by atoms with Crippen LogP contribution in [0.5, 0.6) is 0 Å². The SMILES string of the molecule is CCn1nccc1C(=O)N(Cc1cccnc1)c1nc2cc(C)c(C)cc2s1. The average molecular weight is 392 g/mol. The molecule has 0 saturated carbocycles. The van der Waals surface area contributed by atoms with E-state index in [1.54, 1.807) is 34.2 Å². The molecule has 6 nitrogen and oxygen atoms in total. The molecule has 0 aliphatic heterocycles. The van der Waals surface area contributed by atoms with Crippen molar-refractivity contribution in [1.29, 1.82) is 0 Å². The van der Waals surface area contributed by atoms with Crippen LogP contribution in [-0.4, -0.2) is 25.7 Å². The van der Waals surface area contributed by atoms with Crippen molar-refractivity contribution in [1.82, 2.24) is 19.7 Å². The number of benzene rings is 1. The number of hydrogen-bond acceptors (Lipinski definition) is 5. The first-order valence-electron chi connectivity index (χ1n) is 9.17. The molecule has 0 atom stereocenters. The molecule has 1 aromatic carbocycles. The Morgan fingerprint density at radius 3 is 2.75 bits per heavy atom. The fraction of sp³-hybridized carbons (Fsp3) is 0.238. The van der Waals surface area contributed by atoms with Gasteiger partial charge in [-0.2, -0.15) is 5.10 Å². The minimum absolute atomic E-state index is 0.115. The number of rotatable bonds is 5. The van der Waals surface area contributed by atoms with Crippen molar-refractivity contribution >= 4 is 32.6 Å². The summed E-state index contributed by atoms with van der Waals surface area (Å²) in [5, 5.41) is 4.92. The number of anilines is 1. The monoisotopic (exact) mass is 391 g/mol. The summed E-state index contributed by atoms with van der Waals surface area (Å²) in [6.07, 6.45) is 5.16. The molecule has 0 spiro atoms. The zero-order valence-corrected chi connectivity index (χ0v) is 16.9. The lowest BCUT2D eigenvalue weighted by molar-refractivity contribution is 0.0975. The zero-order valence-electron chi connectivity index (χ0n) is 16.1. The third-order valence-electron chi connectivity index (χ3n) is 4.77. The highest BCUT2D eigenvalue weighted by atomic mass is 32.1. The van der Waals surface area contributed by atoms with Crippen molar-refractivity contribution in [2.24, 2.45) is 0 Å². The van der Waals surface area contributed by atoms with Crippen LogP contribution >= 0.6 is 11.3 Å². The Bertz CT molecular complexity index is 1090. The Morgan fingerprint density at radius 1 is 1.18 bits per heavy atom. The molecule has 28 heavy (non-hydrogen) atoms. The van der Waals surface area contributed by atoms with E-state index in [0.717, 1.165) is 15.8 Å². The number of pyridine rings is 1. The number of carbonyl (C=O) groups is 1. The highest BCUT2D eigenvalue weighted by Crippen LogP contribution is 2.32. The van der Waals surface area contributed by atoms with Crippen LogP contribution in [0.3, 0.4) is 0 Å². The number of amides is 1. The van der Waals surface area contributed by atoms with E-state index in [4.69, 9.17) is 4.98 Å². The Morgan fingerprint density at radius 2 is 2.00 bits per heavy atom. The third-order valence-corrected chi connectivity index (χ3v) is 5.81. The summed E-state index contributed by atoms with van der Waals surface area (Å²) in [6.45, 7) is 7.17. The van der Waals surface area contributed by atoms with Crippen molar-refractivity contribution in [3.05, 3.63) is 71.3 Å². The second-order valence-electron chi connectivity index (χ2n) is 6.69. The minimum atomic E-state index is -0.115. The molecular weight excluding hydrogens is 370 g/mol. The summed E-state index contributed by atoms with van der Waals surface area (Å²) >= 11 is 1.53. The van der Waals surface area contributed by atoms with Crippen LogP contribution in [-0.2, 0) is 13.1 Å². The molecular formula is C21H21N5OS. The lowest BCUT2D eigenvalue weighted by Gasteiger charge is -2.20. The number of nitrogens with zero attached hydrogens (tertiary/aromatic N) is 5. The van der Waals surface area contributed by atoms with Crippen LogP contribution in [0.25, 0.3) is 10.2 Å². The molecule has 0 fully saturated rings. The Labute approximate surface area is 167 Å².